The number of methoxy groups -OCH3 is 1. The van der Waals surface area contributed by atoms with Crippen LogP contribution in [0.4, 0.5) is 4.79 Å². The van der Waals surface area contributed by atoms with Gasteiger partial charge in [0.05, 0.1) is 7.11 Å². The van der Waals surface area contributed by atoms with Crippen LogP contribution >= 0.6 is 0 Å². The van der Waals surface area contributed by atoms with E-state index in [1.54, 1.807) is 27.8 Å². The number of hydrogen-bond acceptors (Lipinski definition) is 6. The average molecular weight is 276 g/mol. The summed E-state index contributed by atoms with van der Waals surface area (Å²) in [5.41, 5.74) is -0.528. The van der Waals surface area contributed by atoms with Crippen LogP contribution in [0.15, 0.2) is 0 Å². The molecule has 0 radical (unpaired) electrons. The van der Waals surface area contributed by atoms with Crippen molar-refractivity contribution in [2.45, 2.75) is 32.5 Å². The van der Waals surface area contributed by atoms with Gasteiger partial charge >= 0.3 is 12.1 Å². The molecule has 19 heavy (non-hydrogen) atoms. The predicted octanol–water partition coefficient (Wildman–Crippen LogP) is -0.0232. The van der Waals surface area contributed by atoms with Crippen molar-refractivity contribution in [2.24, 2.45) is 0 Å². The molecule has 112 valence electrons. The summed E-state index contributed by atoms with van der Waals surface area (Å²) < 4.78 is 9.54. The lowest BCUT2D eigenvalue weighted by molar-refractivity contribution is -0.150. The molecule has 0 spiro atoms. The number of aliphatic hydroxyl groups is 1. The van der Waals surface area contributed by atoms with Gasteiger partial charge < -0.3 is 24.8 Å². The smallest absolute Gasteiger partial charge is 0.410 e. The van der Waals surface area contributed by atoms with Crippen LogP contribution in [-0.2, 0) is 14.3 Å². The topological polar surface area (TPSA) is 88.1 Å². The molecule has 7 heteroatoms. The Morgan fingerprint density at radius 2 is 1.95 bits per heavy atom. The summed E-state index contributed by atoms with van der Waals surface area (Å²) in [5.74, 6) is -0.687. The number of esters is 1. The van der Waals surface area contributed by atoms with Crippen molar-refractivity contribution in [1.29, 1.82) is 0 Å². The third-order valence-corrected chi connectivity index (χ3v) is 2.14. The molecule has 0 aromatic rings. The zero-order valence-electron chi connectivity index (χ0n) is 12.2. The first-order valence-electron chi connectivity index (χ1n) is 6.08. The van der Waals surface area contributed by atoms with E-state index in [4.69, 9.17) is 4.74 Å². The Labute approximate surface area is 113 Å². The summed E-state index contributed by atoms with van der Waals surface area (Å²) in [5, 5.41) is 12.2. The Balaban J connectivity index is 3.83. The van der Waals surface area contributed by atoms with E-state index in [1.807, 2.05) is 0 Å². The molecule has 2 N–H and O–H groups in total. The van der Waals surface area contributed by atoms with Crippen LogP contribution < -0.4 is 5.32 Å². The van der Waals surface area contributed by atoms with Gasteiger partial charge in [0.25, 0.3) is 0 Å². The Hall–Kier alpha value is -1.34. The highest BCUT2D eigenvalue weighted by atomic mass is 16.6. The molecule has 0 rings (SSSR count). The van der Waals surface area contributed by atoms with E-state index in [0.29, 0.717) is 13.1 Å². The van der Waals surface area contributed by atoms with Crippen LogP contribution in [0.2, 0.25) is 0 Å². The predicted molar refractivity (Wildman–Crippen MR) is 69.8 cm³/mol. The van der Waals surface area contributed by atoms with Crippen LogP contribution in [0.1, 0.15) is 20.8 Å². The second-order valence-electron chi connectivity index (χ2n) is 5.14. The number of aliphatic hydroxyl groups excluding tert-OH is 1. The molecular weight excluding hydrogens is 252 g/mol. The molecule has 0 saturated carbocycles. The van der Waals surface area contributed by atoms with Crippen molar-refractivity contribution in [3.05, 3.63) is 0 Å². The standard InChI is InChI=1S/C12H24N2O5/c1-12(2,3)19-11(17)14(4)7-6-13-8-9(15)10(16)18-5/h9,13,15H,6-8H2,1-5H3. The maximum absolute atomic E-state index is 11.6. The summed E-state index contributed by atoms with van der Waals surface area (Å²) in [6, 6.07) is 0. The molecule has 0 aromatic carbocycles. The van der Waals surface area contributed by atoms with E-state index in [1.165, 1.54) is 12.0 Å². The van der Waals surface area contributed by atoms with Crippen molar-refractivity contribution < 1.29 is 24.2 Å². The van der Waals surface area contributed by atoms with E-state index in [-0.39, 0.29) is 6.54 Å². The van der Waals surface area contributed by atoms with Gasteiger partial charge in [-0.3, -0.25) is 0 Å². The van der Waals surface area contributed by atoms with E-state index in [0.717, 1.165) is 0 Å². The number of rotatable bonds is 6. The number of hydrogen-bond donors (Lipinski definition) is 2. The molecule has 0 bridgehead atoms. The summed E-state index contributed by atoms with van der Waals surface area (Å²) in [6.45, 7) is 6.30. The Morgan fingerprint density at radius 1 is 1.37 bits per heavy atom. The highest BCUT2D eigenvalue weighted by molar-refractivity contribution is 5.74. The van der Waals surface area contributed by atoms with Crippen LogP contribution in [-0.4, -0.2) is 67.6 Å². The summed E-state index contributed by atoms with van der Waals surface area (Å²) in [7, 11) is 2.83. The molecule has 7 nitrogen and oxygen atoms in total. The van der Waals surface area contributed by atoms with Gasteiger partial charge in [-0.2, -0.15) is 0 Å². The third kappa shape index (κ3) is 8.39. The fraction of sp³-hybridized carbons (Fsp3) is 0.833. The maximum atomic E-state index is 11.6. The lowest BCUT2D eigenvalue weighted by Gasteiger charge is -2.24. The van der Waals surface area contributed by atoms with Crippen molar-refractivity contribution in [3.8, 4) is 0 Å². The average Bonchev–Trinajstić information content (AvgIpc) is 2.30. The fourth-order valence-corrected chi connectivity index (χ4v) is 1.14. The van der Waals surface area contributed by atoms with Gasteiger partial charge in [-0.05, 0) is 20.8 Å². The van der Waals surface area contributed by atoms with E-state index < -0.39 is 23.8 Å². The molecule has 0 aliphatic rings. The monoisotopic (exact) mass is 276 g/mol. The van der Waals surface area contributed by atoms with Crippen LogP contribution in [0.3, 0.4) is 0 Å². The van der Waals surface area contributed by atoms with Gasteiger partial charge in [-0.25, -0.2) is 9.59 Å². The van der Waals surface area contributed by atoms with Gasteiger partial charge in [0.15, 0.2) is 6.10 Å². The van der Waals surface area contributed by atoms with Gasteiger partial charge in [-0.1, -0.05) is 0 Å². The van der Waals surface area contributed by atoms with Crippen LogP contribution in [0, 0.1) is 0 Å². The van der Waals surface area contributed by atoms with Gasteiger partial charge in [0, 0.05) is 26.7 Å². The maximum Gasteiger partial charge on any atom is 0.410 e. The lowest BCUT2D eigenvalue weighted by atomic mass is 10.2. The van der Waals surface area contributed by atoms with Crippen molar-refractivity contribution >= 4 is 12.1 Å². The Kier molecular flexibility index (Phi) is 7.40. The normalized spacial score (nSPS) is 12.7. The third-order valence-electron chi connectivity index (χ3n) is 2.14. The molecule has 0 saturated heterocycles. The molecule has 0 aliphatic carbocycles. The second-order valence-corrected chi connectivity index (χ2v) is 5.14. The minimum Gasteiger partial charge on any atom is -0.467 e. The van der Waals surface area contributed by atoms with Gasteiger partial charge in [0.1, 0.15) is 5.60 Å². The zero-order valence-corrected chi connectivity index (χ0v) is 12.2. The molecule has 0 aromatic heterocycles. The first-order chi connectivity index (χ1) is 8.67. The number of amides is 1. The molecule has 1 amide bonds. The van der Waals surface area contributed by atoms with Gasteiger partial charge in [0.2, 0.25) is 0 Å². The largest absolute Gasteiger partial charge is 0.467 e. The van der Waals surface area contributed by atoms with Gasteiger partial charge in [-0.15, -0.1) is 0 Å². The molecule has 0 fully saturated rings. The van der Waals surface area contributed by atoms with Crippen molar-refractivity contribution in [1.82, 2.24) is 10.2 Å². The molecular formula is C12H24N2O5. The summed E-state index contributed by atoms with van der Waals surface area (Å²) >= 11 is 0. The number of carbonyl (C=O) groups excluding carboxylic acids is 2. The zero-order chi connectivity index (χ0) is 15.1. The second kappa shape index (κ2) is 7.96. The first-order valence-corrected chi connectivity index (χ1v) is 6.08. The Bertz CT molecular complexity index is 301. The SMILES string of the molecule is COC(=O)C(O)CNCCN(C)C(=O)OC(C)(C)C. The summed E-state index contributed by atoms with van der Waals surface area (Å²) in [4.78, 5) is 23.9. The highest BCUT2D eigenvalue weighted by Gasteiger charge is 2.19. The number of ether oxygens (including phenoxy) is 2. The Morgan fingerprint density at radius 3 is 2.42 bits per heavy atom. The quantitative estimate of drug-likeness (QED) is 0.523. The number of nitrogens with one attached hydrogen (secondary N) is 1. The van der Waals surface area contributed by atoms with E-state index >= 15 is 0 Å². The summed E-state index contributed by atoms with van der Waals surface area (Å²) in [6.07, 6.45) is -1.61. The van der Waals surface area contributed by atoms with E-state index in [2.05, 4.69) is 10.1 Å². The van der Waals surface area contributed by atoms with E-state index in [9.17, 15) is 14.7 Å². The van der Waals surface area contributed by atoms with Crippen molar-refractivity contribution in [2.75, 3.05) is 33.8 Å². The minimum atomic E-state index is -1.20. The molecule has 1 unspecified atom stereocenters. The number of likely N-dealkylation sites (N-methyl/N-ethyl adjacent to an activating group) is 1. The highest BCUT2D eigenvalue weighted by Crippen LogP contribution is 2.08. The molecule has 0 heterocycles. The molecule has 1 atom stereocenters. The lowest BCUT2D eigenvalue weighted by Crippen LogP contribution is -2.40. The van der Waals surface area contributed by atoms with Crippen molar-refractivity contribution in [3.63, 3.8) is 0 Å². The number of carbonyl (C=O) groups is 2. The number of nitrogens with zero attached hydrogens (tertiary/aromatic N) is 1. The first kappa shape index (κ1) is 17.7. The van der Waals surface area contributed by atoms with Crippen LogP contribution in [0.25, 0.3) is 0 Å². The fourth-order valence-electron chi connectivity index (χ4n) is 1.14. The van der Waals surface area contributed by atoms with Crippen LogP contribution in [0.5, 0.6) is 0 Å². The minimum absolute atomic E-state index is 0.0782. The molecule has 0 aliphatic heterocycles.